The normalized spacial score (nSPS) is 17.9. The molecule has 12 aliphatic rings. The third-order valence-corrected chi connectivity index (χ3v) is 16.2. The number of carbonyl (C=O) groups excluding carboxylic acids is 7. The van der Waals surface area contributed by atoms with Crippen LogP contribution in [0.3, 0.4) is 0 Å². The molecule has 9 N–H and O–H groups in total. The van der Waals surface area contributed by atoms with E-state index in [2.05, 4.69) is 42.1 Å². The lowest BCUT2D eigenvalue weighted by molar-refractivity contribution is 0.0525. The second-order valence-electron chi connectivity index (χ2n) is 25.5. The van der Waals surface area contributed by atoms with Crippen molar-refractivity contribution in [3.63, 3.8) is 0 Å². The first kappa shape index (κ1) is 79.1. The minimum absolute atomic E-state index is 0.0603. The van der Waals surface area contributed by atoms with Gasteiger partial charge in [-0.1, -0.05) is 80.1 Å². The molecule has 0 aliphatic carbocycles. The monoisotopic (exact) mass is 1340 g/mol. The first-order chi connectivity index (χ1) is 46.4. The third kappa shape index (κ3) is 26.4. The third-order valence-electron chi connectivity index (χ3n) is 16.2. The molecule has 7 amide bonds. The van der Waals surface area contributed by atoms with Crippen LogP contribution in [0.5, 0.6) is 34.5 Å². The van der Waals surface area contributed by atoms with Gasteiger partial charge in [0.1, 0.15) is 5.60 Å². The van der Waals surface area contributed by atoms with Gasteiger partial charge in [-0.2, -0.15) is 0 Å². The molecule has 3 aromatic rings. The van der Waals surface area contributed by atoms with E-state index in [1.165, 1.54) is 0 Å². The molecular weight excluding hydrogens is 1230 g/mol. The molecule has 536 valence electrons. The van der Waals surface area contributed by atoms with Crippen LogP contribution in [0.2, 0.25) is 0 Å². The molecular formula is C72H114N10O14. The Morgan fingerprint density at radius 3 is 0.990 bits per heavy atom. The van der Waals surface area contributed by atoms with Gasteiger partial charge in [0.05, 0.1) is 73.0 Å². The molecule has 0 saturated carbocycles. The molecule has 0 saturated heterocycles. The first-order valence-corrected chi connectivity index (χ1v) is 35.6. The lowest BCUT2D eigenvalue weighted by atomic mass is 10.0. The van der Waals surface area contributed by atoms with E-state index in [-0.39, 0.29) is 180 Å². The summed E-state index contributed by atoms with van der Waals surface area (Å²) < 4.78 is 44.4. The lowest BCUT2D eigenvalue weighted by Crippen LogP contribution is -2.51. The zero-order valence-electron chi connectivity index (χ0n) is 59.1. The number of hydrogen-bond acceptors (Lipinski definition) is 17. The number of nitrogens with two attached hydrogens (primary N) is 1. The number of hydrogen-bond donors (Lipinski definition) is 8. The van der Waals surface area contributed by atoms with Gasteiger partial charge in [0, 0.05) is 84.1 Å². The van der Waals surface area contributed by atoms with Crippen LogP contribution < -0.4 is 71.4 Å². The summed E-state index contributed by atoms with van der Waals surface area (Å²) in [7, 11) is 0. The Kier molecular flexibility index (Phi) is 35.9. The Hall–Kier alpha value is -7.57. The van der Waals surface area contributed by atoms with Gasteiger partial charge in [0.15, 0.2) is 34.5 Å². The number of ether oxygens (including phenoxy) is 7. The fraction of sp³-hybridized carbons (Fsp3) is 0.653. The smallest absolute Gasteiger partial charge is 0.407 e. The molecule has 15 rings (SSSR count). The number of benzene rings is 3. The van der Waals surface area contributed by atoms with Crippen molar-refractivity contribution in [3.05, 3.63) is 69.8 Å². The van der Waals surface area contributed by atoms with Crippen LogP contribution in [0.1, 0.15) is 234 Å². The van der Waals surface area contributed by atoms with Crippen molar-refractivity contribution in [2.45, 2.75) is 189 Å². The van der Waals surface area contributed by atoms with Gasteiger partial charge >= 0.3 is 6.09 Å². The van der Waals surface area contributed by atoms with Crippen molar-refractivity contribution in [1.29, 1.82) is 0 Å². The number of unbranched alkanes of at least 4 members (excludes halogenated alkanes) is 7. The molecule has 12 aliphatic heterocycles. The average molecular weight is 1340 g/mol. The van der Waals surface area contributed by atoms with Crippen molar-refractivity contribution in [3.8, 4) is 34.5 Å². The Morgan fingerprint density at radius 1 is 0.427 bits per heavy atom. The van der Waals surface area contributed by atoms with E-state index in [0.717, 1.165) is 38.5 Å². The van der Waals surface area contributed by atoms with Gasteiger partial charge in [0.2, 0.25) is 0 Å². The first-order valence-electron chi connectivity index (χ1n) is 35.6. The molecule has 2 unspecified atom stereocenters. The van der Waals surface area contributed by atoms with Gasteiger partial charge in [-0.25, -0.2) is 4.79 Å². The van der Waals surface area contributed by atoms with Gasteiger partial charge in [-0.05, 0) is 134 Å². The summed E-state index contributed by atoms with van der Waals surface area (Å²) in [6, 6.07) is 8.24. The molecule has 8 bridgehead atoms. The molecule has 0 spiro atoms. The molecule has 24 heteroatoms. The maximum Gasteiger partial charge on any atom is 0.407 e. The molecule has 96 heavy (non-hydrogen) atoms. The van der Waals surface area contributed by atoms with Gasteiger partial charge in [-0.3, -0.25) is 38.6 Å². The number of carbonyl (C=O) groups is 7. The predicted molar refractivity (Wildman–Crippen MR) is 373 cm³/mol. The summed E-state index contributed by atoms with van der Waals surface area (Å²) in [5.74, 6) is -2.03. The largest absolute Gasteiger partial charge is 0.489 e. The summed E-state index contributed by atoms with van der Waals surface area (Å²) >= 11 is 0. The molecule has 0 radical (unpaired) electrons. The number of nitrogens with zero attached hydrogens (tertiary/aromatic N) is 2. The highest BCUT2D eigenvalue weighted by Gasteiger charge is 2.32. The Balaban J connectivity index is 1.79. The van der Waals surface area contributed by atoms with Crippen LogP contribution in [0.15, 0.2) is 36.4 Å². The van der Waals surface area contributed by atoms with Crippen molar-refractivity contribution in [1.82, 2.24) is 47.0 Å². The summed E-state index contributed by atoms with van der Waals surface area (Å²) in [5.41, 5.74) is 6.54. The highest BCUT2D eigenvalue weighted by atomic mass is 16.6. The molecule has 4 atom stereocenters. The van der Waals surface area contributed by atoms with E-state index in [0.29, 0.717) is 77.2 Å². The highest BCUT2D eigenvalue weighted by molar-refractivity contribution is 6.05. The lowest BCUT2D eigenvalue weighted by Gasteiger charge is -2.32. The second-order valence-corrected chi connectivity index (χ2v) is 25.5. The van der Waals surface area contributed by atoms with Crippen molar-refractivity contribution in [2.24, 2.45) is 5.73 Å². The van der Waals surface area contributed by atoms with Crippen LogP contribution in [0.4, 0.5) is 4.79 Å². The minimum Gasteiger partial charge on any atom is -0.489 e. The van der Waals surface area contributed by atoms with E-state index in [9.17, 15) is 24.0 Å². The van der Waals surface area contributed by atoms with E-state index in [4.69, 9.17) is 38.9 Å². The number of amides is 7. The Morgan fingerprint density at radius 2 is 0.708 bits per heavy atom. The summed E-state index contributed by atoms with van der Waals surface area (Å²) in [5, 5.41) is 21.9. The standard InChI is InChI=1S/C72H114N10O14/c1-10-16-43-90-59-53-27-28-54(60(59)91-44-17-11-2)68(86)77-38-42-82-49-51(25-22-23-34-78-71(89)96-72(7,8)9)79-69(87)57-31-29-55(61(92-45-18-12-3)63(57)94-47-20-14-5)66(84)75-36-40-81(39-35-74-65(53)83)41-37-76-67(85)56-30-32-58(70(88)80-52(50-82)26-24-33-73)64(95-48-21-15-6)62(56)93-46-19-13-4/h27-32,51-52H,10-26,33-50,73H2,1-9H3,(H,74,83)(H,75,84)(H,76,85)(H,77,86)(H,78,89)(H,79,87)(H,80,88)/t51-,52-/m0/s1. The fourth-order valence-corrected chi connectivity index (χ4v) is 10.8. The molecule has 3 aromatic carbocycles. The summed E-state index contributed by atoms with van der Waals surface area (Å²) in [6.45, 7) is 21.3. The molecule has 0 fully saturated rings. The zero-order valence-corrected chi connectivity index (χ0v) is 59.1. The predicted octanol–water partition coefficient (Wildman–Crippen LogP) is 9.34. The van der Waals surface area contributed by atoms with Crippen LogP contribution in [-0.4, -0.2) is 187 Å². The van der Waals surface area contributed by atoms with Crippen molar-refractivity contribution in [2.75, 3.05) is 118 Å². The van der Waals surface area contributed by atoms with Crippen LogP contribution in [-0.2, 0) is 4.74 Å². The maximum atomic E-state index is 15.4. The number of nitrogens with one attached hydrogen (secondary N) is 7. The van der Waals surface area contributed by atoms with Gasteiger partial charge < -0.3 is 76.1 Å². The van der Waals surface area contributed by atoms with Gasteiger partial charge in [-0.15, -0.1) is 0 Å². The molecule has 0 aromatic heterocycles. The Bertz CT molecular complexity index is 2920. The Labute approximate surface area is 570 Å². The zero-order chi connectivity index (χ0) is 69.7. The van der Waals surface area contributed by atoms with Gasteiger partial charge in [0.25, 0.3) is 35.4 Å². The van der Waals surface area contributed by atoms with Crippen molar-refractivity contribution >= 4 is 41.5 Å². The highest BCUT2D eigenvalue weighted by Crippen LogP contribution is 2.39. The summed E-state index contributed by atoms with van der Waals surface area (Å²) in [4.78, 5) is 106. The number of alkyl carbamates (subject to hydrolysis) is 1. The quantitative estimate of drug-likeness (QED) is 0.0270. The van der Waals surface area contributed by atoms with Crippen LogP contribution >= 0.6 is 0 Å². The average Bonchev–Trinajstić information content (AvgIpc) is 0.814. The fourth-order valence-electron chi connectivity index (χ4n) is 10.8. The minimum atomic E-state index is -0.705. The molecule has 24 nitrogen and oxygen atoms in total. The number of rotatable bonds is 32. The summed E-state index contributed by atoms with van der Waals surface area (Å²) in [6.07, 6.45) is 10.5. The topological polar surface area (TPSA) is 301 Å². The maximum absolute atomic E-state index is 15.4. The SMILES string of the molecule is CCCCOc1c2ccc(c1OCCCC)C(=O)NCCN1C[C@H](CCCN)NC(=O)c3ccc(c(OCCCC)c3OCCCC)C(=O)NCCN(CCNC2=O)CCNC(=O)c2ccc(c(OCCCC)c2OCCCC)C(=O)N[C@@H](CCCCNC(=O)OC(C)(C)C)C1. The van der Waals surface area contributed by atoms with Crippen LogP contribution in [0.25, 0.3) is 0 Å². The molecule has 12 heterocycles. The van der Waals surface area contributed by atoms with E-state index in [1.807, 2.05) is 46.4 Å². The van der Waals surface area contributed by atoms with Crippen LogP contribution in [0, 0.1) is 0 Å². The van der Waals surface area contributed by atoms with E-state index >= 15 is 9.59 Å². The van der Waals surface area contributed by atoms with E-state index < -0.39 is 59.2 Å². The second kappa shape index (κ2) is 43.6. The van der Waals surface area contributed by atoms with Crippen molar-refractivity contribution < 1.29 is 66.7 Å². The van der Waals surface area contributed by atoms with E-state index in [1.54, 1.807) is 57.2 Å².